The van der Waals surface area contributed by atoms with Crippen molar-refractivity contribution in [3.05, 3.63) is 48.3 Å². The highest BCUT2D eigenvalue weighted by Gasteiger charge is 2.25. The zero-order chi connectivity index (χ0) is 12.7. The van der Waals surface area contributed by atoms with Crippen molar-refractivity contribution < 1.29 is 0 Å². The van der Waals surface area contributed by atoms with Crippen LogP contribution in [0.3, 0.4) is 0 Å². The van der Waals surface area contributed by atoms with E-state index in [4.69, 9.17) is 11.1 Å². The molecule has 0 spiro atoms. The second kappa shape index (κ2) is 3.84. The topological polar surface area (TPSA) is 66.0 Å². The molecule has 0 saturated heterocycles. The minimum atomic E-state index is 0.0305. The number of benzene rings is 1. The number of nitrogens with two attached hydrogens (primary N) is 1. The molecule has 2 aromatic rings. The molecule has 1 aromatic heterocycles. The Kier molecular flexibility index (Phi) is 2.30. The van der Waals surface area contributed by atoms with Gasteiger partial charge in [-0.15, -0.1) is 0 Å². The molecule has 0 aliphatic carbocycles. The van der Waals surface area contributed by atoms with Crippen molar-refractivity contribution in [3.8, 4) is 0 Å². The third-order valence-electron chi connectivity index (χ3n) is 3.33. The van der Waals surface area contributed by atoms with Gasteiger partial charge in [-0.1, -0.05) is 24.8 Å². The number of hydrogen-bond donors (Lipinski definition) is 2. The average molecular weight is 238 g/mol. The quantitative estimate of drug-likeness (QED) is 0.621. The lowest BCUT2D eigenvalue weighted by molar-refractivity contribution is 0.991. The van der Waals surface area contributed by atoms with Gasteiger partial charge < -0.3 is 10.6 Å². The van der Waals surface area contributed by atoms with Crippen molar-refractivity contribution >= 4 is 22.4 Å². The van der Waals surface area contributed by atoms with Crippen LogP contribution in [0.1, 0.15) is 11.3 Å². The van der Waals surface area contributed by atoms with Gasteiger partial charge in [-0.25, -0.2) is 4.98 Å². The van der Waals surface area contributed by atoms with Gasteiger partial charge in [0.15, 0.2) is 0 Å². The van der Waals surface area contributed by atoms with Crippen molar-refractivity contribution in [3.63, 3.8) is 0 Å². The summed E-state index contributed by atoms with van der Waals surface area (Å²) in [5.74, 6) is 0.0305. The Hall–Kier alpha value is -2.36. The molecule has 3 N–H and O–H groups in total. The number of fused-ring (bicyclic) bond motifs is 3. The summed E-state index contributed by atoms with van der Waals surface area (Å²) in [7, 11) is 0. The third-order valence-corrected chi connectivity index (χ3v) is 3.33. The normalized spacial score (nSPS) is 13.7. The van der Waals surface area contributed by atoms with E-state index in [0.29, 0.717) is 5.69 Å². The van der Waals surface area contributed by atoms with Crippen LogP contribution in [0.4, 0.5) is 5.69 Å². The maximum absolute atomic E-state index is 7.67. The second-order valence-corrected chi connectivity index (χ2v) is 4.34. The number of hydrogen-bond acceptors (Lipinski definition) is 3. The molecule has 90 valence electrons. The number of rotatable bonds is 2. The van der Waals surface area contributed by atoms with Crippen LogP contribution in [0.2, 0.25) is 0 Å². The van der Waals surface area contributed by atoms with Crippen LogP contribution in [0.5, 0.6) is 0 Å². The van der Waals surface area contributed by atoms with Crippen molar-refractivity contribution in [1.29, 1.82) is 5.41 Å². The molecule has 4 nitrogen and oxygen atoms in total. The SMILES string of the molecule is C=CN1CCc2c(C(=N)N)nc3ccccc3c21. The minimum absolute atomic E-state index is 0.0305. The van der Waals surface area contributed by atoms with Crippen LogP contribution < -0.4 is 10.6 Å². The third kappa shape index (κ3) is 1.39. The van der Waals surface area contributed by atoms with E-state index in [-0.39, 0.29) is 5.84 Å². The van der Waals surface area contributed by atoms with E-state index in [2.05, 4.69) is 16.5 Å². The van der Waals surface area contributed by atoms with Gasteiger partial charge >= 0.3 is 0 Å². The number of aromatic nitrogens is 1. The summed E-state index contributed by atoms with van der Waals surface area (Å²) >= 11 is 0. The molecule has 1 aliphatic rings. The smallest absolute Gasteiger partial charge is 0.142 e. The molecule has 0 amide bonds. The average Bonchev–Trinajstić information content (AvgIpc) is 2.81. The lowest BCUT2D eigenvalue weighted by atomic mass is 10.1. The number of pyridine rings is 1. The van der Waals surface area contributed by atoms with E-state index in [1.807, 2.05) is 30.5 Å². The predicted octanol–water partition coefficient (Wildman–Crippen LogP) is 2.02. The molecule has 0 atom stereocenters. The highest BCUT2D eigenvalue weighted by molar-refractivity contribution is 6.03. The first-order valence-corrected chi connectivity index (χ1v) is 5.87. The first-order chi connectivity index (χ1) is 8.72. The van der Waals surface area contributed by atoms with Crippen molar-refractivity contribution in [2.45, 2.75) is 6.42 Å². The van der Waals surface area contributed by atoms with Gasteiger partial charge in [-0.3, -0.25) is 5.41 Å². The molecule has 0 saturated carbocycles. The van der Waals surface area contributed by atoms with Crippen LogP contribution in [0, 0.1) is 5.41 Å². The van der Waals surface area contributed by atoms with Crippen LogP contribution >= 0.6 is 0 Å². The Balaban J connectivity index is 2.42. The molecule has 2 heterocycles. The number of amidine groups is 1. The summed E-state index contributed by atoms with van der Waals surface area (Å²) in [6.07, 6.45) is 2.68. The second-order valence-electron chi connectivity index (χ2n) is 4.34. The molecular weight excluding hydrogens is 224 g/mol. The van der Waals surface area contributed by atoms with Crippen LogP contribution in [-0.2, 0) is 6.42 Å². The van der Waals surface area contributed by atoms with E-state index in [1.54, 1.807) is 0 Å². The fraction of sp³-hybridized carbons (Fsp3) is 0.143. The van der Waals surface area contributed by atoms with Gasteiger partial charge in [0.25, 0.3) is 0 Å². The molecule has 4 heteroatoms. The summed E-state index contributed by atoms with van der Waals surface area (Å²) in [6, 6.07) is 7.94. The maximum atomic E-state index is 7.67. The fourth-order valence-electron chi connectivity index (χ4n) is 2.55. The zero-order valence-electron chi connectivity index (χ0n) is 9.98. The summed E-state index contributed by atoms with van der Waals surface area (Å²) < 4.78 is 0. The summed E-state index contributed by atoms with van der Waals surface area (Å²) in [5, 5.41) is 8.77. The van der Waals surface area contributed by atoms with Gasteiger partial charge in [0, 0.05) is 17.5 Å². The molecular formula is C14H14N4. The van der Waals surface area contributed by atoms with Crippen LogP contribution in [0.15, 0.2) is 37.0 Å². The molecule has 3 rings (SSSR count). The molecule has 0 bridgehead atoms. The monoisotopic (exact) mass is 238 g/mol. The van der Waals surface area contributed by atoms with E-state index in [0.717, 1.165) is 35.1 Å². The molecule has 0 fully saturated rings. The van der Waals surface area contributed by atoms with Gasteiger partial charge in [0.2, 0.25) is 0 Å². The molecule has 1 aliphatic heterocycles. The number of nitrogens with one attached hydrogen (secondary N) is 1. The Morgan fingerprint density at radius 3 is 2.94 bits per heavy atom. The molecule has 18 heavy (non-hydrogen) atoms. The Labute approximate surface area is 105 Å². The predicted molar refractivity (Wildman–Crippen MR) is 74.0 cm³/mol. The van der Waals surface area contributed by atoms with Crippen molar-refractivity contribution in [2.24, 2.45) is 5.73 Å². The minimum Gasteiger partial charge on any atom is -0.382 e. The number of para-hydroxylation sites is 1. The van der Waals surface area contributed by atoms with Crippen LogP contribution in [0.25, 0.3) is 10.9 Å². The summed E-state index contributed by atoms with van der Waals surface area (Å²) in [4.78, 5) is 6.61. The Bertz CT molecular complexity index is 660. The van der Waals surface area contributed by atoms with Crippen molar-refractivity contribution in [2.75, 3.05) is 11.4 Å². The van der Waals surface area contributed by atoms with Gasteiger partial charge in [-0.2, -0.15) is 0 Å². The summed E-state index contributed by atoms with van der Waals surface area (Å²) in [5.41, 5.74) is 9.27. The van der Waals surface area contributed by atoms with E-state index >= 15 is 0 Å². The number of nitrogen functional groups attached to an aromatic ring is 1. The zero-order valence-corrected chi connectivity index (χ0v) is 9.98. The molecule has 1 aromatic carbocycles. The lowest BCUT2D eigenvalue weighted by Crippen LogP contribution is -2.16. The highest BCUT2D eigenvalue weighted by atomic mass is 15.1. The highest BCUT2D eigenvalue weighted by Crippen LogP contribution is 2.36. The number of nitrogens with zero attached hydrogens (tertiary/aromatic N) is 2. The van der Waals surface area contributed by atoms with E-state index in [9.17, 15) is 0 Å². The summed E-state index contributed by atoms with van der Waals surface area (Å²) in [6.45, 7) is 4.71. The number of anilines is 1. The van der Waals surface area contributed by atoms with Crippen molar-refractivity contribution in [1.82, 2.24) is 4.98 Å². The van der Waals surface area contributed by atoms with E-state index in [1.165, 1.54) is 0 Å². The van der Waals surface area contributed by atoms with E-state index < -0.39 is 0 Å². The Morgan fingerprint density at radius 1 is 1.44 bits per heavy atom. The van der Waals surface area contributed by atoms with Gasteiger partial charge in [-0.05, 0) is 18.7 Å². The first-order valence-electron chi connectivity index (χ1n) is 5.87. The Morgan fingerprint density at radius 2 is 2.22 bits per heavy atom. The largest absolute Gasteiger partial charge is 0.382 e. The molecule has 0 radical (unpaired) electrons. The van der Waals surface area contributed by atoms with Crippen LogP contribution in [-0.4, -0.2) is 17.4 Å². The first kappa shape index (κ1) is 10.8. The maximum Gasteiger partial charge on any atom is 0.142 e. The standard InChI is InChI=1S/C14H14N4/c1-2-18-8-7-10-12(14(15)16)17-11-6-4-3-5-9(11)13(10)18/h2-6H,1,7-8H2,(H3,15,16). The lowest BCUT2D eigenvalue weighted by Gasteiger charge is -2.16. The molecule has 0 unspecified atom stereocenters. The fourth-order valence-corrected chi connectivity index (χ4v) is 2.55. The van der Waals surface area contributed by atoms with Gasteiger partial charge in [0.1, 0.15) is 11.5 Å². The van der Waals surface area contributed by atoms with Gasteiger partial charge in [0.05, 0.1) is 11.2 Å².